The number of allylic oxidation sites excluding steroid dienone is 1. The van der Waals surface area contributed by atoms with Crippen LogP contribution in [0.5, 0.6) is 0 Å². The fourth-order valence-corrected chi connectivity index (χ4v) is 4.85. The number of fused-ring (bicyclic) bond motifs is 1. The Kier molecular flexibility index (Phi) is 6.02. The fraction of sp³-hybridized carbons (Fsp3) is 0.241. The lowest BCUT2D eigenvalue weighted by molar-refractivity contribution is 0.102. The number of carbonyl (C=O) groups excluding carboxylic acids is 1. The van der Waals surface area contributed by atoms with E-state index in [0.717, 1.165) is 71.9 Å². The molecule has 3 aromatic carbocycles. The Labute approximate surface area is 215 Å². The lowest BCUT2D eigenvalue weighted by atomic mass is 10.1. The molecule has 188 valence electrons. The lowest BCUT2D eigenvalue weighted by Crippen LogP contribution is -2.35. The highest BCUT2D eigenvalue weighted by molar-refractivity contribution is 6.05. The Hall–Kier alpha value is -4.30. The van der Waals surface area contributed by atoms with E-state index >= 15 is 0 Å². The molecular formula is C29H29N5O3. The summed E-state index contributed by atoms with van der Waals surface area (Å²) in [6.07, 6.45) is 5.20. The topological polar surface area (TPSA) is 82.9 Å². The Morgan fingerprint density at radius 1 is 0.973 bits per heavy atom. The molecule has 6 rings (SSSR count). The van der Waals surface area contributed by atoms with Gasteiger partial charge in [-0.2, -0.15) is 5.10 Å². The number of nitrogens with one attached hydrogen (secondary N) is 1. The van der Waals surface area contributed by atoms with Crippen molar-refractivity contribution in [3.63, 3.8) is 0 Å². The predicted molar refractivity (Wildman–Crippen MR) is 145 cm³/mol. The standard InChI is InChI=1S/C29H29N5O3/c1-20-12-17-33(37-20)25-7-9-26(10-8-25)34-28-11-4-23(18-22(28)19-30-34)31-29(36)21-2-5-24(6-3-21)32-15-13-27(35)14-16-32/h2-12,18-19,27,35H,13-17H2,1H3,(H,31,36). The van der Waals surface area contributed by atoms with Gasteiger partial charge < -0.3 is 20.2 Å². The van der Waals surface area contributed by atoms with Gasteiger partial charge in [0.1, 0.15) is 5.76 Å². The van der Waals surface area contributed by atoms with E-state index in [2.05, 4.69) is 15.3 Å². The highest BCUT2D eigenvalue weighted by Gasteiger charge is 2.18. The number of aliphatic hydroxyl groups excluding tert-OH is 1. The van der Waals surface area contributed by atoms with Crippen LogP contribution < -0.4 is 15.3 Å². The van der Waals surface area contributed by atoms with Crippen molar-refractivity contribution in [1.82, 2.24) is 9.78 Å². The average molecular weight is 496 g/mol. The summed E-state index contributed by atoms with van der Waals surface area (Å²) in [4.78, 5) is 20.8. The fourth-order valence-electron chi connectivity index (χ4n) is 4.85. The van der Waals surface area contributed by atoms with Gasteiger partial charge in [-0.1, -0.05) is 0 Å². The molecule has 2 aliphatic rings. The number of amides is 1. The van der Waals surface area contributed by atoms with Crippen LogP contribution in [0.2, 0.25) is 0 Å². The first-order valence-electron chi connectivity index (χ1n) is 12.6. The van der Waals surface area contributed by atoms with Gasteiger partial charge in [-0.05, 0) is 92.6 Å². The molecule has 8 heteroatoms. The molecule has 1 saturated heterocycles. The highest BCUT2D eigenvalue weighted by atomic mass is 16.7. The number of aliphatic hydroxyl groups is 1. The van der Waals surface area contributed by atoms with Gasteiger partial charge in [-0.25, -0.2) is 9.75 Å². The van der Waals surface area contributed by atoms with Crippen molar-refractivity contribution in [2.24, 2.45) is 0 Å². The van der Waals surface area contributed by atoms with Gasteiger partial charge >= 0.3 is 0 Å². The van der Waals surface area contributed by atoms with E-state index < -0.39 is 0 Å². The average Bonchev–Trinajstić information content (AvgIpc) is 3.55. The number of piperidine rings is 1. The van der Waals surface area contributed by atoms with E-state index in [4.69, 9.17) is 4.84 Å². The smallest absolute Gasteiger partial charge is 0.255 e. The van der Waals surface area contributed by atoms with Crippen molar-refractivity contribution in [3.05, 3.63) is 90.3 Å². The first kappa shape index (κ1) is 23.1. The van der Waals surface area contributed by atoms with Crippen molar-refractivity contribution < 1.29 is 14.7 Å². The van der Waals surface area contributed by atoms with Crippen LogP contribution in [0.25, 0.3) is 16.6 Å². The highest BCUT2D eigenvalue weighted by Crippen LogP contribution is 2.26. The summed E-state index contributed by atoms with van der Waals surface area (Å²) in [7, 11) is 0. The molecule has 0 atom stereocenters. The predicted octanol–water partition coefficient (Wildman–Crippen LogP) is 4.89. The van der Waals surface area contributed by atoms with E-state index in [-0.39, 0.29) is 12.0 Å². The van der Waals surface area contributed by atoms with E-state index in [0.29, 0.717) is 5.56 Å². The van der Waals surface area contributed by atoms with Crippen LogP contribution in [0.15, 0.2) is 84.8 Å². The molecule has 0 bridgehead atoms. The summed E-state index contributed by atoms with van der Waals surface area (Å²) < 4.78 is 1.89. The molecule has 0 unspecified atom stereocenters. The number of anilines is 3. The van der Waals surface area contributed by atoms with Crippen molar-refractivity contribution in [2.75, 3.05) is 34.9 Å². The third-order valence-electron chi connectivity index (χ3n) is 6.97. The molecule has 8 nitrogen and oxygen atoms in total. The van der Waals surface area contributed by atoms with E-state index in [9.17, 15) is 9.90 Å². The maximum absolute atomic E-state index is 12.9. The maximum atomic E-state index is 12.9. The lowest BCUT2D eigenvalue weighted by Gasteiger charge is -2.31. The monoisotopic (exact) mass is 495 g/mol. The van der Waals surface area contributed by atoms with E-state index in [1.54, 1.807) is 6.20 Å². The quantitative estimate of drug-likeness (QED) is 0.410. The first-order valence-corrected chi connectivity index (χ1v) is 12.6. The zero-order chi connectivity index (χ0) is 25.4. The summed E-state index contributed by atoms with van der Waals surface area (Å²) >= 11 is 0. The van der Waals surface area contributed by atoms with Crippen LogP contribution in [-0.2, 0) is 4.84 Å². The summed E-state index contributed by atoms with van der Waals surface area (Å²) in [6, 6.07) is 21.5. The summed E-state index contributed by atoms with van der Waals surface area (Å²) in [5.41, 5.74) is 5.28. The van der Waals surface area contributed by atoms with Crippen LogP contribution in [-0.4, -0.2) is 46.5 Å². The van der Waals surface area contributed by atoms with Crippen LogP contribution in [0.3, 0.4) is 0 Å². The van der Waals surface area contributed by atoms with E-state index in [1.165, 1.54) is 0 Å². The summed E-state index contributed by atoms with van der Waals surface area (Å²) in [5.74, 6) is 0.748. The molecule has 0 spiro atoms. The Morgan fingerprint density at radius 3 is 2.38 bits per heavy atom. The number of hydrogen-bond acceptors (Lipinski definition) is 6. The van der Waals surface area contributed by atoms with Gasteiger partial charge in [-0.15, -0.1) is 0 Å². The molecule has 0 saturated carbocycles. The van der Waals surface area contributed by atoms with Crippen molar-refractivity contribution in [2.45, 2.75) is 25.9 Å². The third kappa shape index (κ3) is 4.75. The van der Waals surface area contributed by atoms with Crippen LogP contribution >= 0.6 is 0 Å². The van der Waals surface area contributed by atoms with Crippen molar-refractivity contribution in [3.8, 4) is 5.69 Å². The zero-order valence-electron chi connectivity index (χ0n) is 20.7. The molecule has 0 radical (unpaired) electrons. The Balaban J connectivity index is 1.13. The number of aromatic nitrogens is 2. The van der Waals surface area contributed by atoms with Crippen LogP contribution in [0, 0.1) is 0 Å². The second kappa shape index (κ2) is 9.63. The molecule has 2 N–H and O–H groups in total. The Morgan fingerprint density at radius 2 is 1.68 bits per heavy atom. The largest absolute Gasteiger partial charge is 0.393 e. The number of benzene rings is 3. The van der Waals surface area contributed by atoms with Gasteiger partial charge in [0.15, 0.2) is 0 Å². The number of hydrogen-bond donors (Lipinski definition) is 2. The summed E-state index contributed by atoms with van der Waals surface area (Å²) in [5, 5.41) is 20.1. The van der Waals surface area contributed by atoms with Crippen LogP contribution in [0.1, 0.15) is 30.1 Å². The molecule has 0 aliphatic carbocycles. The number of rotatable bonds is 5. The van der Waals surface area contributed by atoms with Gasteiger partial charge in [0.2, 0.25) is 0 Å². The number of hydroxylamine groups is 1. The summed E-state index contributed by atoms with van der Waals surface area (Å²) in [6.45, 7) is 4.33. The molecule has 1 amide bonds. The number of carbonyl (C=O) groups is 1. The normalized spacial score (nSPS) is 16.1. The maximum Gasteiger partial charge on any atom is 0.255 e. The second-order valence-electron chi connectivity index (χ2n) is 9.53. The molecule has 37 heavy (non-hydrogen) atoms. The minimum Gasteiger partial charge on any atom is -0.393 e. The van der Waals surface area contributed by atoms with Crippen molar-refractivity contribution in [1.29, 1.82) is 0 Å². The third-order valence-corrected chi connectivity index (χ3v) is 6.97. The minimum absolute atomic E-state index is 0.156. The molecule has 2 aliphatic heterocycles. The molecule has 1 aromatic heterocycles. The zero-order valence-corrected chi connectivity index (χ0v) is 20.7. The van der Waals surface area contributed by atoms with Gasteiger partial charge in [0, 0.05) is 35.4 Å². The molecular weight excluding hydrogens is 466 g/mol. The molecule has 3 heterocycles. The minimum atomic E-state index is -0.205. The second-order valence-corrected chi connectivity index (χ2v) is 9.53. The van der Waals surface area contributed by atoms with Gasteiger partial charge in [-0.3, -0.25) is 4.79 Å². The van der Waals surface area contributed by atoms with Crippen molar-refractivity contribution >= 4 is 33.9 Å². The molecule has 1 fully saturated rings. The molecule has 4 aromatic rings. The first-order chi connectivity index (χ1) is 18.0. The van der Waals surface area contributed by atoms with E-state index in [1.807, 2.05) is 89.5 Å². The number of nitrogens with zero attached hydrogens (tertiary/aromatic N) is 4. The van der Waals surface area contributed by atoms with Gasteiger partial charge in [0.25, 0.3) is 5.91 Å². The SMILES string of the molecule is CC1=CCN(c2ccc(-n3ncc4cc(NC(=O)c5ccc(N6CCC(O)CC6)cc5)ccc43)cc2)O1. The van der Waals surface area contributed by atoms with Crippen LogP contribution in [0.4, 0.5) is 17.1 Å². The van der Waals surface area contributed by atoms with Gasteiger partial charge in [0.05, 0.1) is 35.7 Å². The Bertz CT molecular complexity index is 1450.